The molecular formula is C12H20O3. The van der Waals surface area contributed by atoms with Gasteiger partial charge in [0.05, 0.1) is 0 Å². The van der Waals surface area contributed by atoms with Crippen molar-refractivity contribution in [3.8, 4) is 0 Å². The van der Waals surface area contributed by atoms with Crippen LogP contribution in [0.2, 0.25) is 0 Å². The van der Waals surface area contributed by atoms with E-state index in [4.69, 9.17) is 0 Å². The largest absolute Gasteiger partial charge is 0.303 e. The van der Waals surface area contributed by atoms with Crippen molar-refractivity contribution in [2.75, 3.05) is 0 Å². The molecule has 0 radical (unpaired) electrons. The SMILES string of the molecule is CCCCC(=O)[C@H](C)CC(=O)CCC=O. The van der Waals surface area contributed by atoms with Gasteiger partial charge in [0, 0.05) is 31.6 Å². The second-order valence-electron chi connectivity index (χ2n) is 3.92. The standard InChI is InChI=1S/C12H20O3/c1-3-4-7-12(15)10(2)9-11(14)6-5-8-13/h8,10H,3-7,9H2,1-2H3/t10-/m1/s1. The molecule has 0 bridgehead atoms. The van der Waals surface area contributed by atoms with Crippen LogP contribution in [0.5, 0.6) is 0 Å². The molecule has 0 saturated carbocycles. The zero-order valence-electron chi connectivity index (χ0n) is 9.62. The minimum atomic E-state index is -0.185. The predicted molar refractivity (Wildman–Crippen MR) is 58.6 cm³/mol. The number of aldehydes is 1. The van der Waals surface area contributed by atoms with Crippen LogP contribution in [0.15, 0.2) is 0 Å². The lowest BCUT2D eigenvalue weighted by Crippen LogP contribution is -2.15. The van der Waals surface area contributed by atoms with Crippen LogP contribution in [0.1, 0.15) is 52.4 Å². The van der Waals surface area contributed by atoms with E-state index in [1.807, 2.05) is 6.92 Å². The van der Waals surface area contributed by atoms with Crippen molar-refractivity contribution in [3.63, 3.8) is 0 Å². The van der Waals surface area contributed by atoms with Gasteiger partial charge < -0.3 is 4.79 Å². The molecule has 0 heterocycles. The molecule has 0 fully saturated rings. The number of hydrogen-bond acceptors (Lipinski definition) is 3. The van der Waals surface area contributed by atoms with Crippen molar-refractivity contribution < 1.29 is 14.4 Å². The highest BCUT2D eigenvalue weighted by atomic mass is 16.1. The topological polar surface area (TPSA) is 51.2 Å². The quantitative estimate of drug-likeness (QED) is 0.551. The van der Waals surface area contributed by atoms with E-state index in [0.717, 1.165) is 19.1 Å². The monoisotopic (exact) mass is 212 g/mol. The van der Waals surface area contributed by atoms with Crippen LogP contribution in [-0.2, 0) is 14.4 Å². The second kappa shape index (κ2) is 8.33. The lowest BCUT2D eigenvalue weighted by atomic mass is 9.95. The molecule has 0 aromatic rings. The summed E-state index contributed by atoms with van der Waals surface area (Å²) in [5.74, 6) is -0.00791. The predicted octanol–water partition coefficient (Wildman–Crippen LogP) is 2.32. The Morgan fingerprint density at radius 2 is 1.93 bits per heavy atom. The normalized spacial score (nSPS) is 12.1. The molecule has 86 valence electrons. The number of carbonyl (C=O) groups is 3. The molecule has 0 aromatic heterocycles. The highest BCUT2D eigenvalue weighted by Crippen LogP contribution is 2.11. The van der Waals surface area contributed by atoms with Gasteiger partial charge in [-0.3, -0.25) is 9.59 Å². The minimum Gasteiger partial charge on any atom is -0.303 e. The van der Waals surface area contributed by atoms with Gasteiger partial charge in [0.15, 0.2) is 0 Å². The van der Waals surface area contributed by atoms with Gasteiger partial charge in [0.1, 0.15) is 17.9 Å². The molecule has 15 heavy (non-hydrogen) atoms. The van der Waals surface area contributed by atoms with Crippen LogP contribution in [-0.4, -0.2) is 17.9 Å². The fourth-order valence-corrected chi connectivity index (χ4v) is 1.37. The van der Waals surface area contributed by atoms with Gasteiger partial charge in [0.25, 0.3) is 0 Å². The number of carbonyl (C=O) groups excluding carboxylic acids is 3. The average molecular weight is 212 g/mol. The molecule has 1 atom stereocenters. The Hall–Kier alpha value is -0.990. The van der Waals surface area contributed by atoms with Gasteiger partial charge in [0.2, 0.25) is 0 Å². The first-order valence-electron chi connectivity index (χ1n) is 5.59. The first-order valence-corrected chi connectivity index (χ1v) is 5.59. The van der Waals surface area contributed by atoms with Crippen molar-refractivity contribution in [2.24, 2.45) is 5.92 Å². The highest BCUT2D eigenvalue weighted by molar-refractivity contribution is 5.88. The van der Waals surface area contributed by atoms with Gasteiger partial charge in [-0.15, -0.1) is 0 Å². The molecule has 0 aromatic carbocycles. The Morgan fingerprint density at radius 3 is 2.47 bits per heavy atom. The molecule has 0 unspecified atom stereocenters. The van der Waals surface area contributed by atoms with E-state index in [1.54, 1.807) is 6.92 Å². The van der Waals surface area contributed by atoms with Crippen molar-refractivity contribution >= 4 is 17.9 Å². The molecule has 3 nitrogen and oxygen atoms in total. The molecule has 0 aliphatic rings. The van der Waals surface area contributed by atoms with Gasteiger partial charge in [-0.1, -0.05) is 20.3 Å². The van der Waals surface area contributed by atoms with Crippen LogP contribution in [0.25, 0.3) is 0 Å². The van der Waals surface area contributed by atoms with Crippen LogP contribution in [0, 0.1) is 5.92 Å². The third-order valence-electron chi connectivity index (χ3n) is 2.40. The Kier molecular flexibility index (Phi) is 7.78. The maximum Gasteiger partial charge on any atom is 0.136 e. The fraction of sp³-hybridized carbons (Fsp3) is 0.750. The third kappa shape index (κ3) is 7.00. The van der Waals surface area contributed by atoms with Gasteiger partial charge >= 0.3 is 0 Å². The van der Waals surface area contributed by atoms with Crippen LogP contribution >= 0.6 is 0 Å². The van der Waals surface area contributed by atoms with Crippen LogP contribution < -0.4 is 0 Å². The smallest absolute Gasteiger partial charge is 0.136 e. The number of Topliss-reactive ketones (excluding diaryl/α,β-unsaturated/α-hetero) is 2. The Morgan fingerprint density at radius 1 is 1.27 bits per heavy atom. The first kappa shape index (κ1) is 14.0. The summed E-state index contributed by atoms with van der Waals surface area (Å²) in [6.45, 7) is 3.82. The molecule has 0 amide bonds. The molecule has 0 aliphatic heterocycles. The average Bonchev–Trinajstić information content (AvgIpc) is 2.22. The molecule has 3 heteroatoms. The summed E-state index contributed by atoms with van der Waals surface area (Å²) >= 11 is 0. The molecule has 0 aliphatic carbocycles. The molecular weight excluding hydrogens is 192 g/mol. The third-order valence-corrected chi connectivity index (χ3v) is 2.40. The van der Waals surface area contributed by atoms with E-state index in [-0.39, 0.29) is 36.7 Å². The number of rotatable bonds is 9. The van der Waals surface area contributed by atoms with Crippen LogP contribution in [0.3, 0.4) is 0 Å². The summed E-state index contributed by atoms with van der Waals surface area (Å²) in [5.41, 5.74) is 0. The number of hydrogen-bond donors (Lipinski definition) is 0. The Bertz CT molecular complexity index is 221. The summed E-state index contributed by atoms with van der Waals surface area (Å²) in [4.78, 5) is 32.8. The second-order valence-corrected chi connectivity index (χ2v) is 3.92. The summed E-state index contributed by atoms with van der Waals surface area (Å²) in [7, 11) is 0. The van der Waals surface area contributed by atoms with E-state index in [9.17, 15) is 14.4 Å². The molecule has 0 saturated heterocycles. The van der Waals surface area contributed by atoms with Gasteiger partial charge in [-0.25, -0.2) is 0 Å². The molecule has 0 rings (SSSR count). The van der Waals surface area contributed by atoms with Gasteiger partial charge in [-0.05, 0) is 6.42 Å². The zero-order valence-corrected chi connectivity index (χ0v) is 9.62. The number of ketones is 2. The van der Waals surface area contributed by atoms with E-state index in [1.165, 1.54) is 0 Å². The minimum absolute atomic E-state index is 0.0134. The summed E-state index contributed by atoms with van der Waals surface area (Å²) in [6, 6.07) is 0. The zero-order chi connectivity index (χ0) is 11.7. The van der Waals surface area contributed by atoms with E-state index < -0.39 is 0 Å². The lowest BCUT2D eigenvalue weighted by molar-refractivity contribution is -0.127. The van der Waals surface area contributed by atoms with Crippen molar-refractivity contribution in [1.82, 2.24) is 0 Å². The first-order chi connectivity index (χ1) is 7.11. The Balaban J connectivity index is 3.79. The van der Waals surface area contributed by atoms with Gasteiger partial charge in [-0.2, -0.15) is 0 Å². The lowest BCUT2D eigenvalue weighted by Gasteiger charge is -2.08. The van der Waals surface area contributed by atoms with Crippen molar-refractivity contribution in [2.45, 2.75) is 52.4 Å². The van der Waals surface area contributed by atoms with Crippen molar-refractivity contribution in [3.05, 3.63) is 0 Å². The van der Waals surface area contributed by atoms with E-state index in [2.05, 4.69) is 0 Å². The number of unbranched alkanes of at least 4 members (excludes halogenated alkanes) is 1. The fourth-order valence-electron chi connectivity index (χ4n) is 1.37. The van der Waals surface area contributed by atoms with E-state index >= 15 is 0 Å². The van der Waals surface area contributed by atoms with E-state index in [0.29, 0.717) is 6.42 Å². The summed E-state index contributed by atoms with van der Waals surface area (Å²) in [6.07, 6.45) is 4.03. The molecule has 0 N–H and O–H groups in total. The van der Waals surface area contributed by atoms with Crippen molar-refractivity contribution in [1.29, 1.82) is 0 Å². The maximum absolute atomic E-state index is 11.5. The van der Waals surface area contributed by atoms with Crippen LogP contribution in [0.4, 0.5) is 0 Å². The highest BCUT2D eigenvalue weighted by Gasteiger charge is 2.15. The Labute approximate surface area is 91.2 Å². The summed E-state index contributed by atoms with van der Waals surface area (Å²) < 4.78 is 0. The summed E-state index contributed by atoms with van der Waals surface area (Å²) in [5, 5.41) is 0. The maximum atomic E-state index is 11.5. The molecule has 0 spiro atoms.